The molecule has 2 atom stereocenters. The van der Waals surface area contributed by atoms with Crippen LogP contribution in [-0.4, -0.2) is 30.3 Å². The van der Waals surface area contributed by atoms with E-state index in [-0.39, 0.29) is 23.8 Å². The van der Waals surface area contributed by atoms with Gasteiger partial charge in [0.15, 0.2) is 0 Å². The summed E-state index contributed by atoms with van der Waals surface area (Å²) in [6.07, 6.45) is 6.80. The number of anilines is 1. The maximum absolute atomic E-state index is 13.5. The van der Waals surface area contributed by atoms with Gasteiger partial charge in [0.25, 0.3) is 0 Å². The molecule has 0 heterocycles. The second kappa shape index (κ2) is 6.33. The number of hydrogen-bond acceptors (Lipinski definition) is 2. The average molecular weight is 383 g/mol. The molecule has 1 aromatic rings. The maximum atomic E-state index is 13.5. The number of carbonyl (C=O) groups excluding carboxylic acids is 2. The van der Waals surface area contributed by atoms with Crippen LogP contribution in [0.4, 0.5) is 5.69 Å². The van der Waals surface area contributed by atoms with E-state index in [4.69, 9.17) is 0 Å². The second-order valence-corrected chi connectivity index (χ2v) is 10.9. The molecule has 4 aliphatic carbocycles. The van der Waals surface area contributed by atoms with E-state index in [1.165, 1.54) is 19.3 Å². The largest absolute Gasteiger partial charge is 0.336 e. The Morgan fingerprint density at radius 2 is 1.61 bits per heavy atom. The van der Waals surface area contributed by atoms with Crippen molar-refractivity contribution in [3.05, 3.63) is 29.3 Å². The van der Waals surface area contributed by atoms with Crippen molar-refractivity contribution in [2.75, 3.05) is 18.9 Å². The average Bonchev–Trinajstić information content (AvgIpc) is 2.54. The molecule has 4 nitrogen and oxygen atoms in total. The molecule has 0 radical (unpaired) electrons. The Bertz CT molecular complexity index is 792. The summed E-state index contributed by atoms with van der Waals surface area (Å²) in [6.45, 7) is 8.87. The van der Waals surface area contributed by atoms with E-state index in [1.54, 1.807) is 11.9 Å². The summed E-state index contributed by atoms with van der Waals surface area (Å²) < 4.78 is 0. The molecular formula is C24H34N2O2. The van der Waals surface area contributed by atoms with Gasteiger partial charge in [0, 0.05) is 12.7 Å². The van der Waals surface area contributed by atoms with Gasteiger partial charge in [0.1, 0.15) is 0 Å². The third kappa shape index (κ3) is 3.25. The summed E-state index contributed by atoms with van der Waals surface area (Å²) in [5, 5.41) is 3.02. The molecule has 2 amide bonds. The molecule has 28 heavy (non-hydrogen) atoms. The number of amides is 2. The van der Waals surface area contributed by atoms with Crippen LogP contribution in [0.3, 0.4) is 0 Å². The summed E-state index contributed by atoms with van der Waals surface area (Å²) >= 11 is 0. The fourth-order valence-corrected chi connectivity index (χ4v) is 7.57. The van der Waals surface area contributed by atoms with E-state index in [9.17, 15) is 9.59 Å². The lowest BCUT2D eigenvalue weighted by molar-refractivity contribution is -0.178. The molecule has 0 aliphatic heterocycles. The molecule has 0 aromatic heterocycles. The van der Waals surface area contributed by atoms with Gasteiger partial charge in [0.2, 0.25) is 11.8 Å². The van der Waals surface area contributed by atoms with Crippen molar-refractivity contribution in [3.63, 3.8) is 0 Å². The van der Waals surface area contributed by atoms with Crippen LogP contribution >= 0.6 is 0 Å². The van der Waals surface area contributed by atoms with Crippen LogP contribution in [0.2, 0.25) is 0 Å². The van der Waals surface area contributed by atoms with Gasteiger partial charge >= 0.3 is 0 Å². The number of carbonyl (C=O) groups is 2. The molecule has 4 bridgehead atoms. The minimum absolute atomic E-state index is 0.115. The zero-order valence-electron chi connectivity index (χ0n) is 18.0. The normalized spacial score (nSPS) is 35.7. The highest BCUT2D eigenvalue weighted by atomic mass is 16.2. The van der Waals surface area contributed by atoms with Gasteiger partial charge in [-0.25, -0.2) is 0 Å². The Morgan fingerprint density at radius 1 is 1.04 bits per heavy atom. The molecule has 4 heteroatoms. The highest BCUT2D eigenvalue weighted by Gasteiger charge is 2.63. The van der Waals surface area contributed by atoms with Gasteiger partial charge in [-0.05, 0) is 80.2 Å². The lowest BCUT2D eigenvalue weighted by atomic mass is 9.40. The number of hydrogen-bond donors (Lipinski definition) is 1. The Hall–Kier alpha value is -1.84. The van der Waals surface area contributed by atoms with E-state index < -0.39 is 0 Å². The first-order valence-electron chi connectivity index (χ1n) is 10.6. The molecular weight excluding hydrogens is 348 g/mol. The molecule has 4 saturated carbocycles. The number of nitrogens with one attached hydrogen (secondary N) is 1. The number of rotatable bonds is 4. The highest BCUT2D eigenvalue weighted by molar-refractivity contribution is 5.96. The van der Waals surface area contributed by atoms with Gasteiger partial charge in [-0.2, -0.15) is 0 Å². The van der Waals surface area contributed by atoms with Gasteiger partial charge < -0.3 is 10.2 Å². The number of para-hydroxylation sites is 1. The lowest BCUT2D eigenvalue weighted by Gasteiger charge is -2.65. The Balaban J connectivity index is 1.47. The van der Waals surface area contributed by atoms with Crippen molar-refractivity contribution >= 4 is 17.5 Å². The summed E-state index contributed by atoms with van der Waals surface area (Å²) in [4.78, 5) is 27.9. The quantitative estimate of drug-likeness (QED) is 0.821. The van der Waals surface area contributed by atoms with E-state index in [2.05, 4.69) is 19.2 Å². The molecule has 0 saturated heterocycles. The van der Waals surface area contributed by atoms with Crippen molar-refractivity contribution in [2.24, 2.45) is 22.2 Å². The molecule has 1 aromatic carbocycles. The van der Waals surface area contributed by atoms with Crippen molar-refractivity contribution in [3.8, 4) is 0 Å². The summed E-state index contributed by atoms with van der Waals surface area (Å²) in [5.74, 6) is 0.744. The Morgan fingerprint density at radius 3 is 2.14 bits per heavy atom. The van der Waals surface area contributed by atoms with Crippen LogP contribution in [0.5, 0.6) is 0 Å². The van der Waals surface area contributed by atoms with E-state index in [1.807, 2.05) is 32.0 Å². The SMILES string of the molecule is Cc1cccc(C)c1NC(=O)CN(C)C(=O)C12CC3CC(C)(CC(C)(C3)C1)C2. The molecule has 5 rings (SSSR count). The molecule has 1 N–H and O–H groups in total. The van der Waals surface area contributed by atoms with Gasteiger partial charge in [-0.15, -0.1) is 0 Å². The van der Waals surface area contributed by atoms with E-state index >= 15 is 0 Å². The van der Waals surface area contributed by atoms with Gasteiger partial charge in [-0.1, -0.05) is 32.0 Å². The topological polar surface area (TPSA) is 49.4 Å². The lowest BCUT2D eigenvalue weighted by Crippen LogP contribution is -2.60. The van der Waals surface area contributed by atoms with Crippen LogP contribution in [0.15, 0.2) is 18.2 Å². The van der Waals surface area contributed by atoms with Crippen LogP contribution in [0, 0.1) is 36.0 Å². The fourth-order valence-electron chi connectivity index (χ4n) is 7.57. The minimum atomic E-state index is -0.253. The third-order valence-corrected chi connectivity index (χ3v) is 7.55. The zero-order chi connectivity index (χ0) is 20.3. The number of aryl methyl sites for hydroxylation is 2. The molecule has 152 valence electrons. The van der Waals surface area contributed by atoms with Crippen molar-refractivity contribution in [1.29, 1.82) is 0 Å². The summed E-state index contributed by atoms with van der Waals surface area (Å²) in [5.41, 5.74) is 3.30. The summed E-state index contributed by atoms with van der Waals surface area (Å²) in [7, 11) is 1.80. The Kier molecular flexibility index (Phi) is 4.40. The number of benzene rings is 1. The van der Waals surface area contributed by atoms with Crippen molar-refractivity contribution in [1.82, 2.24) is 4.90 Å². The molecule has 2 unspecified atom stereocenters. The highest BCUT2D eigenvalue weighted by Crippen LogP contribution is 2.69. The first kappa shape index (κ1) is 19.5. The van der Waals surface area contributed by atoms with E-state index in [0.29, 0.717) is 16.7 Å². The predicted octanol–water partition coefficient (Wildman–Crippen LogP) is 4.70. The van der Waals surface area contributed by atoms with Crippen LogP contribution in [0.25, 0.3) is 0 Å². The number of likely N-dealkylation sites (N-methyl/N-ethyl adjacent to an activating group) is 1. The maximum Gasteiger partial charge on any atom is 0.243 e. The predicted molar refractivity (Wildman–Crippen MR) is 112 cm³/mol. The van der Waals surface area contributed by atoms with Crippen molar-refractivity contribution in [2.45, 2.75) is 66.2 Å². The van der Waals surface area contributed by atoms with Crippen LogP contribution in [0.1, 0.15) is 63.5 Å². The molecule has 0 spiro atoms. The van der Waals surface area contributed by atoms with E-state index in [0.717, 1.165) is 36.1 Å². The molecule has 4 aliphatic rings. The third-order valence-electron chi connectivity index (χ3n) is 7.55. The fraction of sp³-hybridized carbons (Fsp3) is 0.667. The van der Waals surface area contributed by atoms with Crippen LogP contribution in [-0.2, 0) is 9.59 Å². The van der Waals surface area contributed by atoms with Crippen LogP contribution < -0.4 is 5.32 Å². The zero-order valence-corrected chi connectivity index (χ0v) is 18.0. The smallest absolute Gasteiger partial charge is 0.243 e. The standard InChI is InChI=1S/C24H34N2O2/c1-16-7-6-8-17(2)20(16)25-19(27)12-26(5)21(28)24-11-18-9-22(3,14-24)13-23(4,10-18)15-24/h6-8,18H,9-15H2,1-5H3,(H,25,27). The van der Waals surface area contributed by atoms with Gasteiger partial charge in [-0.3, -0.25) is 9.59 Å². The second-order valence-electron chi connectivity index (χ2n) is 10.9. The number of nitrogens with zero attached hydrogens (tertiary/aromatic N) is 1. The first-order chi connectivity index (χ1) is 13.0. The Labute approximate surface area is 169 Å². The first-order valence-corrected chi connectivity index (χ1v) is 10.6. The minimum Gasteiger partial charge on any atom is -0.336 e. The molecule has 4 fully saturated rings. The van der Waals surface area contributed by atoms with Crippen molar-refractivity contribution < 1.29 is 9.59 Å². The summed E-state index contributed by atoms with van der Waals surface area (Å²) in [6, 6.07) is 5.98. The monoisotopic (exact) mass is 382 g/mol. The van der Waals surface area contributed by atoms with Gasteiger partial charge in [0.05, 0.1) is 12.0 Å².